The lowest BCUT2D eigenvalue weighted by Crippen LogP contribution is -2.54. The van der Waals surface area contributed by atoms with Gasteiger partial charge in [-0.05, 0) is 96.6 Å². The average molecular weight is 727 g/mol. The fourth-order valence-electron chi connectivity index (χ4n) is 9.67. The molecule has 0 bridgehead atoms. The number of carbonyl (C=O) groups excluding carboxylic acids is 3. The van der Waals surface area contributed by atoms with Crippen molar-refractivity contribution in [2.24, 2.45) is 34.5 Å². The first-order valence-corrected chi connectivity index (χ1v) is 17.2. The molecular formula is C32H43IN2O9. The molecule has 10 atom stereocenters. The topological polar surface area (TPSA) is 154 Å². The summed E-state index contributed by atoms with van der Waals surface area (Å²) >= 11 is 1.81. The minimum absolute atomic E-state index is 0.0762. The van der Waals surface area contributed by atoms with Crippen LogP contribution in [0.25, 0.3) is 0 Å². The van der Waals surface area contributed by atoms with Gasteiger partial charge in [-0.3, -0.25) is 28.7 Å². The van der Waals surface area contributed by atoms with E-state index in [1.165, 1.54) is 10.8 Å². The molecule has 242 valence electrons. The molecule has 12 heteroatoms. The molecule has 0 unspecified atom stereocenters. The van der Waals surface area contributed by atoms with E-state index in [4.69, 9.17) is 14.2 Å². The molecule has 1 aromatic heterocycles. The zero-order valence-corrected chi connectivity index (χ0v) is 27.6. The number of carbonyl (C=O) groups is 3. The number of aromatic nitrogens is 2. The van der Waals surface area contributed by atoms with E-state index in [0.717, 1.165) is 51.4 Å². The minimum atomic E-state index is -0.843. The maximum Gasteiger partial charge on any atom is 0.330 e. The van der Waals surface area contributed by atoms with Crippen LogP contribution in [0.2, 0.25) is 0 Å². The van der Waals surface area contributed by atoms with Crippen molar-refractivity contribution in [2.75, 3.05) is 6.61 Å². The lowest BCUT2D eigenvalue weighted by molar-refractivity contribution is -0.167. The lowest BCUT2D eigenvalue weighted by atomic mass is 9.45. The Hall–Kier alpha value is -2.06. The highest BCUT2D eigenvalue weighted by molar-refractivity contribution is 14.1. The third-order valence-corrected chi connectivity index (χ3v) is 12.8. The van der Waals surface area contributed by atoms with Gasteiger partial charge < -0.3 is 19.3 Å². The van der Waals surface area contributed by atoms with Crippen molar-refractivity contribution in [3.63, 3.8) is 0 Å². The summed E-state index contributed by atoms with van der Waals surface area (Å²) in [4.78, 5) is 64.1. The summed E-state index contributed by atoms with van der Waals surface area (Å²) in [6, 6.07) is 0. The largest absolute Gasteiger partial charge is 0.462 e. The Morgan fingerprint density at radius 3 is 2.50 bits per heavy atom. The second kappa shape index (κ2) is 12.3. The van der Waals surface area contributed by atoms with Crippen molar-refractivity contribution >= 4 is 40.3 Å². The van der Waals surface area contributed by atoms with Crippen LogP contribution in [0.4, 0.5) is 0 Å². The number of rotatable bonds is 7. The first kappa shape index (κ1) is 31.9. The Kier molecular flexibility index (Phi) is 8.90. The number of nitrogens with one attached hydrogen (secondary N) is 1. The predicted molar refractivity (Wildman–Crippen MR) is 165 cm³/mol. The fraction of sp³-hybridized carbons (Fsp3) is 0.781. The third-order valence-electron chi connectivity index (χ3n) is 12.1. The van der Waals surface area contributed by atoms with Crippen molar-refractivity contribution in [2.45, 2.75) is 115 Å². The van der Waals surface area contributed by atoms with E-state index < -0.39 is 48.2 Å². The van der Waals surface area contributed by atoms with Crippen molar-refractivity contribution in [3.05, 3.63) is 30.6 Å². The SMILES string of the molecule is C[C@]12CCC(=O)C[C@@H]1CC[C@@H]1[C@@H]2CC[C@]2(C)[C@@H](OC(=O)CCC(=O)O[C@H]3C[C@H](n4cc(I)c(=O)[nH]c4=O)O[C@@H]3CO)CC[C@@H]12. The van der Waals surface area contributed by atoms with Crippen molar-refractivity contribution in [3.8, 4) is 0 Å². The van der Waals surface area contributed by atoms with Crippen LogP contribution in [-0.2, 0) is 28.6 Å². The molecule has 0 aromatic carbocycles. The number of ether oxygens (including phenoxy) is 3. The van der Waals surface area contributed by atoms with Gasteiger partial charge in [-0.2, -0.15) is 0 Å². The van der Waals surface area contributed by atoms with E-state index in [-0.39, 0.29) is 36.2 Å². The molecule has 4 aliphatic carbocycles. The number of fused-ring (bicyclic) bond motifs is 5. The number of aliphatic hydroxyl groups is 1. The summed E-state index contributed by atoms with van der Waals surface area (Å²) in [5, 5.41) is 9.78. The molecule has 0 spiro atoms. The number of H-pyrrole nitrogens is 1. The van der Waals surface area contributed by atoms with Crippen LogP contribution in [0.15, 0.2) is 15.8 Å². The van der Waals surface area contributed by atoms with E-state index in [9.17, 15) is 29.1 Å². The summed E-state index contributed by atoms with van der Waals surface area (Å²) in [7, 11) is 0. The summed E-state index contributed by atoms with van der Waals surface area (Å²) in [5.41, 5.74) is -1.00. The molecule has 0 radical (unpaired) electrons. The summed E-state index contributed by atoms with van der Waals surface area (Å²) in [6.07, 6.45) is 7.31. The molecule has 2 heterocycles. The van der Waals surface area contributed by atoms with Gasteiger partial charge >= 0.3 is 17.6 Å². The minimum Gasteiger partial charge on any atom is -0.462 e. The Morgan fingerprint density at radius 1 is 1.02 bits per heavy atom. The first-order chi connectivity index (χ1) is 20.9. The molecule has 2 N–H and O–H groups in total. The number of hydrogen-bond donors (Lipinski definition) is 2. The standard InChI is InChI=1S/C32H43IN2O9/c1-31-11-9-18(37)13-17(31)3-4-19-20-5-6-25(32(20,2)12-10-21(19)31)44-28(39)8-7-27(38)43-23-14-26(42-24(23)16-36)35-15-22(33)29(40)34-30(35)41/h15,17,19-21,23-26,36H,3-14,16H2,1-2H3,(H,34,40,41)/t17-,19-,20-,21-,23-,24+,25-,26+,31-,32-/m0/s1. The predicted octanol–water partition coefficient (Wildman–Crippen LogP) is 3.64. The van der Waals surface area contributed by atoms with E-state index in [0.29, 0.717) is 39.4 Å². The number of nitrogens with zero attached hydrogens (tertiary/aromatic N) is 1. The van der Waals surface area contributed by atoms with Crippen LogP contribution < -0.4 is 11.2 Å². The van der Waals surface area contributed by atoms with Crippen LogP contribution in [0, 0.1) is 38.1 Å². The Balaban J connectivity index is 1.01. The van der Waals surface area contributed by atoms with Gasteiger partial charge in [0, 0.05) is 30.9 Å². The van der Waals surface area contributed by atoms with E-state index >= 15 is 0 Å². The first-order valence-electron chi connectivity index (χ1n) is 16.1. The van der Waals surface area contributed by atoms with Crippen molar-refractivity contribution in [1.29, 1.82) is 0 Å². The summed E-state index contributed by atoms with van der Waals surface area (Å²) in [6.45, 7) is 4.29. The average Bonchev–Trinajstić information content (AvgIpc) is 3.54. The normalized spacial score (nSPS) is 39.7. The number of aliphatic hydroxyl groups excluding tert-OH is 1. The molecule has 6 rings (SSSR count). The second-order valence-electron chi connectivity index (χ2n) is 14.2. The molecule has 5 fully saturated rings. The molecule has 1 saturated heterocycles. The van der Waals surface area contributed by atoms with Crippen LogP contribution >= 0.6 is 22.6 Å². The van der Waals surface area contributed by atoms with Crippen LogP contribution in [0.1, 0.15) is 97.1 Å². The monoisotopic (exact) mass is 726 g/mol. The third kappa shape index (κ3) is 5.72. The number of hydrogen-bond acceptors (Lipinski definition) is 9. The van der Waals surface area contributed by atoms with Gasteiger partial charge in [0.1, 0.15) is 30.3 Å². The number of halogens is 1. The van der Waals surface area contributed by atoms with Crippen LogP contribution in [-0.4, -0.2) is 57.3 Å². The number of ketones is 1. The maximum atomic E-state index is 13.0. The molecule has 0 amide bonds. The highest BCUT2D eigenvalue weighted by atomic mass is 127. The van der Waals surface area contributed by atoms with Gasteiger partial charge in [0.25, 0.3) is 5.56 Å². The van der Waals surface area contributed by atoms with Gasteiger partial charge in [0.15, 0.2) is 0 Å². The van der Waals surface area contributed by atoms with Crippen LogP contribution in [0.5, 0.6) is 0 Å². The highest BCUT2D eigenvalue weighted by Crippen LogP contribution is 2.66. The quantitative estimate of drug-likeness (QED) is 0.317. The van der Waals surface area contributed by atoms with Gasteiger partial charge in [0.2, 0.25) is 0 Å². The van der Waals surface area contributed by atoms with Gasteiger partial charge in [-0.1, -0.05) is 13.8 Å². The molecule has 1 aliphatic heterocycles. The molecule has 1 aromatic rings. The fourth-order valence-corrected chi connectivity index (χ4v) is 10.1. The molecule has 44 heavy (non-hydrogen) atoms. The highest BCUT2D eigenvalue weighted by Gasteiger charge is 2.61. The zero-order valence-electron chi connectivity index (χ0n) is 25.4. The summed E-state index contributed by atoms with van der Waals surface area (Å²) < 4.78 is 18.9. The maximum absolute atomic E-state index is 13.0. The molecule has 5 aliphatic rings. The van der Waals surface area contributed by atoms with Crippen LogP contribution in [0.3, 0.4) is 0 Å². The van der Waals surface area contributed by atoms with Crippen molar-refractivity contribution < 1.29 is 33.7 Å². The van der Waals surface area contributed by atoms with Gasteiger partial charge in [-0.25, -0.2) is 4.79 Å². The number of Topliss-reactive ketones (excluding diaryl/α,β-unsaturated/α-hetero) is 1. The molecular weight excluding hydrogens is 683 g/mol. The van der Waals surface area contributed by atoms with Crippen molar-refractivity contribution in [1.82, 2.24) is 9.55 Å². The van der Waals surface area contributed by atoms with Gasteiger partial charge in [0.05, 0.1) is 23.0 Å². The Labute approximate surface area is 269 Å². The Morgan fingerprint density at radius 2 is 1.75 bits per heavy atom. The molecule has 4 saturated carbocycles. The van der Waals surface area contributed by atoms with E-state index in [2.05, 4.69) is 18.8 Å². The van der Waals surface area contributed by atoms with E-state index in [1.807, 2.05) is 0 Å². The summed E-state index contributed by atoms with van der Waals surface area (Å²) in [5.74, 6) is 1.66. The zero-order chi connectivity index (χ0) is 31.4. The smallest absolute Gasteiger partial charge is 0.330 e. The lowest BCUT2D eigenvalue weighted by Gasteiger charge is -2.60. The second-order valence-corrected chi connectivity index (χ2v) is 15.4. The molecule has 11 nitrogen and oxygen atoms in total. The number of aromatic amines is 1. The Bertz CT molecular complexity index is 1420. The number of esters is 2. The van der Waals surface area contributed by atoms with Gasteiger partial charge in [-0.15, -0.1) is 0 Å². The van der Waals surface area contributed by atoms with E-state index in [1.54, 1.807) is 22.6 Å².